The van der Waals surface area contributed by atoms with Crippen LogP contribution in [-0.4, -0.2) is 26.2 Å². The summed E-state index contributed by atoms with van der Waals surface area (Å²) in [5, 5.41) is 1.19. The number of hydrogen-bond acceptors (Lipinski definition) is 5. The van der Waals surface area contributed by atoms with Crippen molar-refractivity contribution in [1.29, 1.82) is 0 Å². The summed E-state index contributed by atoms with van der Waals surface area (Å²) in [5.74, 6) is -4.65. The zero-order valence-corrected chi connectivity index (χ0v) is 21.5. The molecule has 204 valence electrons. The van der Waals surface area contributed by atoms with Gasteiger partial charge in [0.1, 0.15) is 34.8 Å². The molecule has 6 aromatic carbocycles. The van der Waals surface area contributed by atoms with Crippen LogP contribution < -0.4 is 4.74 Å². The van der Waals surface area contributed by atoms with Gasteiger partial charge in [-0.3, -0.25) is 0 Å². The quantitative estimate of drug-likeness (QED) is 0.124. The van der Waals surface area contributed by atoms with Crippen molar-refractivity contribution in [2.75, 3.05) is 14.2 Å². The molecule has 0 aliphatic carbocycles. The van der Waals surface area contributed by atoms with E-state index in [2.05, 4.69) is 0 Å². The smallest absolute Gasteiger partial charge is 0.338 e. The summed E-state index contributed by atoms with van der Waals surface area (Å²) < 4.78 is 74.8. The molecule has 0 bridgehead atoms. The topological polar surface area (TPSA) is 61.8 Å². The molecule has 0 aliphatic heterocycles. The molecular formula is C32H18F4O5. The summed E-state index contributed by atoms with van der Waals surface area (Å²) in [4.78, 5) is 25.1. The molecule has 0 atom stereocenters. The summed E-state index contributed by atoms with van der Waals surface area (Å²) in [6, 6.07) is 15.4. The number of benzene rings is 6. The van der Waals surface area contributed by atoms with Crippen molar-refractivity contribution in [3.05, 3.63) is 107 Å². The number of halogens is 4. The fraction of sp³-hybridized carbons (Fsp3) is 0.0625. The van der Waals surface area contributed by atoms with Crippen molar-refractivity contribution in [3.8, 4) is 11.5 Å². The predicted molar refractivity (Wildman–Crippen MR) is 145 cm³/mol. The van der Waals surface area contributed by atoms with Crippen LogP contribution in [-0.2, 0) is 9.47 Å². The fourth-order valence-corrected chi connectivity index (χ4v) is 5.25. The van der Waals surface area contributed by atoms with Crippen LogP contribution in [0.1, 0.15) is 20.7 Å². The van der Waals surface area contributed by atoms with E-state index < -0.39 is 35.2 Å². The molecule has 0 heterocycles. The molecule has 0 amide bonds. The Hall–Kier alpha value is -5.18. The summed E-state index contributed by atoms with van der Waals surface area (Å²) in [7, 11) is 2.40. The van der Waals surface area contributed by atoms with Gasteiger partial charge in [-0.2, -0.15) is 0 Å². The van der Waals surface area contributed by atoms with Crippen molar-refractivity contribution in [2.45, 2.75) is 0 Å². The minimum absolute atomic E-state index is 0.0155. The van der Waals surface area contributed by atoms with Crippen LogP contribution in [0.25, 0.3) is 43.1 Å². The molecule has 6 aromatic rings. The number of methoxy groups -OCH3 is 2. The highest BCUT2D eigenvalue weighted by Crippen LogP contribution is 2.43. The Kier molecular flexibility index (Phi) is 6.22. The zero-order chi connectivity index (χ0) is 29.0. The first-order valence-electron chi connectivity index (χ1n) is 12.2. The summed E-state index contributed by atoms with van der Waals surface area (Å²) in [6.07, 6.45) is 0. The van der Waals surface area contributed by atoms with Gasteiger partial charge < -0.3 is 14.2 Å². The second kappa shape index (κ2) is 9.78. The van der Waals surface area contributed by atoms with Crippen molar-refractivity contribution < 1.29 is 41.4 Å². The normalized spacial score (nSPS) is 11.4. The number of carbonyl (C=O) groups is 2. The molecule has 41 heavy (non-hydrogen) atoms. The summed E-state index contributed by atoms with van der Waals surface area (Å²) >= 11 is 0. The molecule has 5 nitrogen and oxygen atoms in total. The van der Waals surface area contributed by atoms with Gasteiger partial charge in [0.25, 0.3) is 0 Å². The largest absolute Gasteiger partial charge is 0.465 e. The highest BCUT2D eigenvalue weighted by Gasteiger charge is 2.22. The monoisotopic (exact) mass is 558 g/mol. The number of carbonyl (C=O) groups excluding carboxylic acids is 2. The average molecular weight is 558 g/mol. The van der Waals surface area contributed by atoms with E-state index in [1.54, 1.807) is 0 Å². The first kappa shape index (κ1) is 26.1. The van der Waals surface area contributed by atoms with E-state index in [0.29, 0.717) is 12.1 Å². The first-order valence-corrected chi connectivity index (χ1v) is 12.2. The fourth-order valence-electron chi connectivity index (χ4n) is 5.25. The van der Waals surface area contributed by atoms with E-state index in [4.69, 9.17) is 14.2 Å². The Bertz CT molecular complexity index is 1940. The minimum Gasteiger partial charge on any atom is -0.465 e. The number of esters is 2. The summed E-state index contributed by atoms with van der Waals surface area (Å²) in [6.45, 7) is 0. The van der Waals surface area contributed by atoms with Crippen LogP contribution in [0.4, 0.5) is 17.6 Å². The van der Waals surface area contributed by atoms with Gasteiger partial charge >= 0.3 is 11.9 Å². The average Bonchev–Trinajstić information content (AvgIpc) is 2.95. The SMILES string of the molecule is COC(=O)c1ccc(Oc2ccc(C(=O)OC)c3ccc4cc(F)cc(F)c4c23)c2c1ccc1cc(F)cc(F)c12. The molecular weight excluding hydrogens is 540 g/mol. The van der Waals surface area contributed by atoms with E-state index in [-0.39, 0.29) is 65.7 Å². The lowest BCUT2D eigenvalue weighted by molar-refractivity contribution is 0.0594. The lowest BCUT2D eigenvalue weighted by Gasteiger charge is -2.17. The molecule has 0 spiro atoms. The molecule has 0 saturated carbocycles. The van der Waals surface area contributed by atoms with Crippen LogP contribution in [0, 0.1) is 23.3 Å². The Balaban J connectivity index is 1.71. The minimum atomic E-state index is -0.893. The number of rotatable bonds is 4. The molecule has 9 heteroatoms. The van der Waals surface area contributed by atoms with Crippen molar-refractivity contribution in [3.63, 3.8) is 0 Å². The van der Waals surface area contributed by atoms with Gasteiger partial charge in [0, 0.05) is 44.5 Å². The van der Waals surface area contributed by atoms with E-state index in [0.717, 1.165) is 12.1 Å². The van der Waals surface area contributed by atoms with Gasteiger partial charge in [0.2, 0.25) is 0 Å². The Morgan fingerprint density at radius 3 is 1.34 bits per heavy atom. The van der Waals surface area contributed by atoms with E-state index in [1.807, 2.05) is 0 Å². The molecule has 0 aromatic heterocycles. The third-order valence-corrected chi connectivity index (χ3v) is 6.98. The van der Waals surface area contributed by atoms with E-state index in [9.17, 15) is 18.4 Å². The number of hydrogen-bond donors (Lipinski definition) is 0. The molecule has 0 saturated heterocycles. The highest BCUT2D eigenvalue weighted by atomic mass is 19.1. The van der Waals surface area contributed by atoms with Gasteiger partial charge in [0.05, 0.1) is 25.3 Å². The Morgan fingerprint density at radius 2 is 0.951 bits per heavy atom. The van der Waals surface area contributed by atoms with Gasteiger partial charge in [0.15, 0.2) is 0 Å². The van der Waals surface area contributed by atoms with Gasteiger partial charge in [-0.15, -0.1) is 0 Å². The number of fused-ring (bicyclic) bond motifs is 6. The van der Waals surface area contributed by atoms with Crippen molar-refractivity contribution in [1.82, 2.24) is 0 Å². The van der Waals surface area contributed by atoms with Gasteiger partial charge in [-0.25, -0.2) is 27.2 Å². The number of ether oxygens (including phenoxy) is 3. The summed E-state index contributed by atoms with van der Waals surface area (Å²) in [5.41, 5.74) is 0.219. The van der Waals surface area contributed by atoms with Crippen LogP contribution in [0.15, 0.2) is 72.8 Å². The van der Waals surface area contributed by atoms with E-state index in [1.165, 1.54) is 62.8 Å². The standard InChI is InChI=1S/C32H18F4O5/c1-39-31(37)21-7-9-25(29-19(21)5-3-15-11-17(33)13-23(35)27(15)29)41-26-10-8-22(32(38)40-2)20-6-4-16-12-18(34)14-24(36)28(16)30(20)26/h3-14H,1-2H3. The molecule has 0 radical (unpaired) electrons. The van der Waals surface area contributed by atoms with Crippen LogP contribution in [0.3, 0.4) is 0 Å². The maximum atomic E-state index is 15.3. The lowest BCUT2D eigenvalue weighted by Crippen LogP contribution is -2.04. The second-order valence-electron chi connectivity index (χ2n) is 9.26. The van der Waals surface area contributed by atoms with Crippen LogP contribution in [0.2, 0.25) is 0 Å². The predicted octanol–water partition coefficient (Wildman–Crippen LogP) is 8.22. The van der Waals surface area contributed by atoms with Crippen molar-refractivity contribution in [2.24, 2.45) is 0 Å². The van der Waals surface area contributed by atoms with Crippen molar-refractivity contribution >= 4 is 55.0 Å². The molecule has 6 rings (SSSR count). The van der Waals surface area contributed by atoms with E-state index >= 15 is 8.78 Å². The van der Waals surface area contributed by atoms with Gasteiger partial charge in [-0.05, 0) is 47.2 Å². The molecule has 0 aliphatic rings. The Labute approximate surface area is 229 Å². The molecule has 0 unspecified atom stereocenters. The molecule has 0 fully saturated rings. The maximum absolute atomic E-state index is 15.3. The third-order valence-electron chi connectivity index (χ3n) is 6.98. The maximum Gasteiger partial charge on any atom is 0.338 e. The van der Waals surface area contributed by atoms with Crippen LogP contribution >= 0.6 is 0 Å². The lowest BCUT2D eigenvalue weighted by atomic mass is 9.96. The molecule has 0 N–H and O–H groups in total. The zero-order valence-electron chi connectivity index (χ0n) is 21.5. The highest BCUT2D eigenvalue weighted by molar-refractivity contribution is 6.19. The van der Waals surface area contributed by atoms with Gasteiger partial charge in [-0.1, -0.05) is 24.3 Å². The van der Waals surface area contributed by atoms with Crippen LogP contribution in [0.5, 0.6) is 11.5 Å². The second-order valence-corrected chi connectivity index (χ2v) is 9.26. The first-order chi connectivity index (χ1) is 19.7. The third kappa shape index (κ3) is 4.17. The Morgan fingerprint density at radius 1 is 0.537 bits per heavy atom.